The van der Waals surface area contributed by atoms with Crippen LogP contribution in [0.1, 0.15) is 50.4 Å². The first-order chi connectivity index (χ1) is 11.8. The molecule has 1 fully saturated rings. The third-order valence-electron chi connectivity index (χ3n) is 5.13. The van der Waals surface area contributed by atoms with E-state index in [0.717, 1.165) is 35.9 Å². The molecule has 0 aliphatic heterocycles. The van der Waals surface area contributed by atoms with E-state index in [1.807, 2.05) is 12.3 Å². The third-order valence-corrected chi connectivity index (χ3v) is 5.13. The molecule has 128 valence electrons. The predicted octanol–water partition coefficient (Wildman–Crippen LogP) is 3.92. The van der Waals surface area contributed by atoms with E-state index < -0.39 is 0 Å². The maximum absolute atomic E-state index is 4.62. The Hall–Kier alpha value is -1.88. The SMILES string of the molecule is CCCN(CCCC1CC1)Cc1c(C)[nH]c2nc3ncccc3n12. The number of hydrogen-bond donors (Lipinski definition) is 1. The highest BCUT2D eigenvalue weighted by Crippen LogP contribution is 2.33. The van der Waals surface area contributed by atoms with Crippen molar-refractivity contribution in [2.24, 2.45) is 5.92 Å². The van der Waals surface area contributed by atoms with E-state index in [4.69, 9.17) is 0 Å². The molecule has 5 nitrogen and oxygen atoms in total. The van der Waals surface area contributed by atoms with E-state index in [2.05, 4.69) is 44.2 Å². The summed E-state index contributed by atoms with van der Waals surface area (Å²) in [4.78, 5) is 15.0. The lowest BCUT2D eigenvalue weighted by atomic mass is 10.2. The molecular weight excluding hydrogens is 298 g/mol. The Morgan fingerprint density at radius 3 is 3.00 bits per heavy atom. The molecule has 5 heteroatoms. The fraction of sp³-hybridized carbons (Fsp3) is 0.579. The molecule has 1 saturated carbocycles. The lowest BCUT2D eigenvalue weighted by Gasteiger charge is -2.22. The smallest absolute Gasteiger partial charge is 0.214 e. The summed E-state index contributed by atoms with van der Waals surface area (Å²) in [5, 5.41) is 0. The lowest BCUT2D eigenvalue weighted by Crippen LogP contribution is -2.26. The van der Waals surface area contributed by atoms with Crippen molar-refractivity contribution in [3.05, 3.63) is 29.7 Å². The van der Waals surface area contributed by atoms with Crippen molar-refractivity contribution in [1.82, 2.24) is 24.3 Å². The minimum Gasteiger partial charge on any atom is -0.327 e. The molecular formula is C19H27N5. The number of pyridine rings is 1. The molecule has 0 bridgehead atoms. The summed E-state index contributed by atoms with van der Waals surface area (Å²) in [5.74, 6) is 1.93. The molecule has 3 aromatic heterocycles. The molecule has 1 N–H and O–H groups in total. The van der Waals surface area contributed by atoms with Crippen molar-refractivity contribution < 1.29 is 0 Å². The molecule has 3 heterocycles. The number of imidazole rings is 2. The van der Waals surface area contributed by atoms with Crippen LogP contribution in [-0.2, 0) is 6.54 Å². The molecule has 0 amide bonds. The van der Waals surface area contributed by atoms with Gasteiger partial charge in [-0.3, -0.25) is 9.30 Å². The van der Waals surface area contributed by atoms with Crippen LogP contribution >= 0.6 is 0 Å². The van der Waals surface area contributed by atoms with Crippen LogP contribution in [0.4, 0.5) is 0 Å². The van der Waals surface area contributed by atoms with Crippen LogP contribution in [0.3, 0.4) is 0 Å². The first kappa shape index (κ1) is 15.6. The van der Waals surface area contributed by atoms with Gasteiger partial charge < -0.3 is 4.98 Å². The second-order valence-corrected chi connectivity index (χ2v) is 7.18. The van der Waals surface area contributed by atoms with Crippen molar-refractivity contribution in [3.63, 3.8) is 0 Å². The predicted molar refractivity (Wildman–Crippen MR) is 97.1 cm³/mol. The minimum atomic E-state index is 0.820. The summed E-state index contributed by atoms with van der Waals surface area (Å²) in [7, 11) is 0. The summed E-state index contributed by atoms with van der Waals surface area (Å²) in [6, 6.07) is 4.10. The summed E-state index contributed by atoms with van der Waals surface area (Å²) in [6.07, 6.45) is 8.65. The molecule has 0 unspecified atom stereocenters. The highest BCUT2D eigenvalue weighted by molar-refractivity contribution is 5.76. The number of nitrogens with one attached hydrogen (secondary N) is 1. The standard InChI is InChI=1S/C19H27N5/c1-3-11-23(12-5-6-15-8-9-15)13-17-14(2)21-19-22-18-16(24(17)19)7-4-10-20-18/h4,7,10,15H,3,5-6,8-9,11-13H2,1-2H3,(H,20,21,22). The van der Waals surface area contributed by atoms with E-state index in [0.29, 0.717) is 0 Å². The molecule has 1 aliphatic carbocycles. The molecule has 1 aliphatic rings. The number of aromatic amines is 1. The van der Waals surface area contributed by atoms with Gasteiger partial charge in [0.2, 0.25) is 5.78 Å². The van der Waals surface area contributed by atoms with Gasteiger partial charge in [-0.1, -0.05) is 19.8 Å². The number of nitrogens with zero attached hydrogens (tertiary/aromatic N) is 4. The average molecular weight is 325 g/mol. The van der Waals surface area contributed by atoms with Gasteiger partial charge in [0.05, 0.1) is 11.2 Å². The Balaban J connectivity index is 1.59. The van der Waals surface area contributed by atoms with E-state index in [9.17, 15) is 0 Å². The Labute approximate surface area is 143 Å². The summed E-state index contributed by atoms with van der Waals surface area (Å²) >= 11 is 0. The number of aryl methyl sites for hydroxylation is 1. The van der Waals surface area contributed by atoms with Crippen LogP contribution in [0.2, 0.25) is 0 Å². The zero-order chi connectivity index (χ0) is 16.5. The van der Waals surface area contributed by atoms with Crippen molar-refractivity contribution in [3.8, 4) is 0 Å². The minimum absolute atomic E-state index is 0.820. The van der Waals surface area contributed by atoms with Gasteiger partial charge in [-0.15, -0.1) is 0 Å². The molecule has 0 radical (unpaired) electrons. The van der Waals surface area contributed by atoms with Gasteiger partial charge in [0, 0.05) is 18.4 Å². The molecule has 0 spiro atoms. The van der Waals surface area contributed by atoms with Crippen LogP contribution in [-0.4, -0.2) is 37.3 Å². The second kappa shape index (κ2) is 6.55. The molecule has 3 aromatic rings. The fourth-order valence-corrected chi connectivity index (χ4v) is 3.68. The number of hydrogen-bond acceptors (Lipinski definition) is 3. The van der Waals surface area contributed by atoms with Crippen LogP contribution in [0, 0.1) is 12.8 Å². The van der Waals surface area contributed by atoms with Crippen molar-refractivity contribution in [2.75, 3.05) is 13.1 Å². The van der Waals surface area contributed by atoms with Crippen molar-refractivity contribution in [2.45, 2.75) is 52.5 Å². The first-order valence-electron chi connectivity index (χ1n) is 9.29. The highest BCUT2D eigenvalue weighted by atomic mass is 15.2. The van der Waals surface area contributed by atoms with Crippen LogP contribution in [0.15, 0.2) is 18.3 Å². The topological polar surface area (TPSA) is 49.2 Å². The van der Waals surface area contributed by atoms with E-state index >= 15 is 0 Å². The molecule has 24 heavy (non-hydrogen) atoms. The Kier molecular flexibility index (Phi) is 4.27. The molecule has 4 rings (SSSR count). The van der Waals surface area contributed by atoms with Gasteiger partial charge in [-0.25, -0.2) is 4.98 Å². The fourth-order valence-electron chi connectivity index (χ4n) is 3.68. The van der Waals surface area contributed by atoms with Gasteiger partial charge in [-0.2, -0.15) is 4.98 Å². The Morgan fingerprint density at radius 2 is 2.21 bits per heavy atom. The molecule has 0 aromatic carbocycles. The third kappa shape index (κ3) is 3.05. The number of rotatable bonds is 8. The van der Waals surface area contributed by atoms with E-state index in [-0.39, 0.29) is 0 Å². The van der Waals surface area contributed by atoms with Gasteiger partial charge in [-0.05, 0) is 57.3 Å². The van der Waals surface area contributed by atoms with Gasteiger partial charge in [0.1, 0.15) is 0 Å². The van der Waals surface area contributed by atoms with Gasteiger partial charge in [0.15, 0.2) is 5.65 Å². The largest absolute Gasteiger partial charge is 0.327 e. The molecule has 0 atom stereocenters. The van der Waals surface area contributed by atoms with Crippen LogP contribution < -0.4 is 0 Å². The lowest BCUT2D eigenvalue weighted by molar-refractivity contribution is 0.254. The van der Waals surface area contributed by atoms with Crippen LogP contribution in [0.25, 0.3) is 16.9 Å². The second-order valence-electron chi connectivity index (χ2n) is 7.18. The molecule has 0 saturated heterocycles. The summed E-state index contributed by atoms with van der Waals surface area (Å²) in [5.41, 5.74) is 4.45. The number of aromatic nitrogens is 4. The first-order valence-corrected chi connectivity index (χ1v) is 9.29. The zero-order valence-corrected chi connectivity index (χ0v) is 14.8. The average Bonchev–Trinajstić information content (AvgIpc) is 3.25. The maximum Gasteiger partial charge on any atom is 0.214 e. The maximum atomic E-state index is 4.62. The quantitative estimate of drug-likeness (QED) is 0.683. The van der Waals surface area contributed by atoms with Crippen LogP contribution in [0.5, 0.6) is 0 Å². The highest BCUT2D eigenvalue weighted by Gasteiger charge is 2.21. The van der Waals surface area contributed by atoms with Gasteiger partial charge in [0.25, 0.3) is 0 Å². The van der Waals surface area contributed by atoms with Gasteiger partial charge >= 0.3 is 0 Å². The Morgan fingerprint density at radius 1 is 1.33 bits per heavy atom. The van der Waals surface area contributed by atoms with Crippen molar-refractivity contribution in [1.29, 1.82) is 0 Å². The van der Waals surface area contributed by atoms with E-state index in [1.165, 1.54) is 50.0 Å². The number of fused-ring (bicyclic) bond motifs is 3. The number of H-pyrrole nitrogens is 1. The zero-order valence-electron chi connectivity index (χ0n) is 14.8. The summed E-state index contributed by atoms with van der Waals surface area (Å²) < 4.78 is 2.25. The normalized spacial score (nSPS) is 15.1. The Bertz CT molecular complexity index is 827. The van der Waals surface area contributed by atoms with E-state index in [1.54, 1.807) is 0 Å². The monoisotopic (exact) mass is 325 g/mol. The van der Waals surface area contributed by atoms with Crippen molar-refractivity contribution >= 4 is 16.9 Å². The summed E-state index contributed by atoms with van der Waals surface area (Å²) in [6.45, 7) is 7.75.